The second-order valence-electron chi connectivity index (χ2n) is 6.14. The molecule has 146 valence electrons. The molecular weight excluding hydrogens is 407 g/mol. The van der Waals surface area contributed by atoms with Crippen LogP contribution in [0.15, 0.2) is 42.5 Å². The standard InChI is InChI=1S/C19H22Cl2N2O3S/c1-3-14-6-8-15(9-7-14)22-19(24)5-4-12-23(27(2,25)26)16-10-11-17(20)18(21)13-16/h6-11,13H,3-5,12H2,1-2H3,(H,22,24). The van der Waals surface area contributed by atoms with Crippen LogP contribution in [0.2, 0.25) is 10.0 Å². The zero-order chi connectivity index (χ0) is 20.0. The fourth-order valence-electron chi connectivity index (χ4n) is 2.56. The molecule has 2 rings (SSSR count). The molecule has 0 aromatic heterocycles. The van der Waals surface area contributed by atoms with Gasteiger partial charge in [0.25, 0.3) is 0 Å². The Morgan fingerprint density at radius 1 is 1.07 bits per heavy atom. The lowest BCUT2D eigenvalue weighted by Gasteiger charge is -2.22. The van der Waals surface area contributed by atoms with E-state index >= 15 is 0 Å². The number of nitrogens with zero attached hydrogens (tertiary/aromatic N) is 1. The van der Waals surface area contributed by atoms with E-state index in [1.54, 1.807) is 12.1 Å². The van der Waals surface area contributed by atoms with Crippen molar-refractivity contribution in [1.82, 2.24) is 0 Å². The molecule has 0 aliphatic rings. The lowest BCUT2D eigenvalue weighted by atomic mass is 10.1. The van der Waals surface area contributed by atoms with Gasteiger partial charge >= 0.3 is 0 Å². The van der Waals surface area contributed by atoms with Crippen LogP contribution in [0.5, 0.6) is 0 Å². The molecule has 2 aromatic carbocycles. The van der Waals surface area contributed by atoms with Gasteiger partial charge in [-0.1, -0.05) is 42.3 Å². The van der Waals surface area contributed by atoms with E-state index < -0.39 is 10.0 Å². The molecule has 0 saturated heterocycles. The largest absolute Gasteiger partial charge is 0.326 e. The van der Waals surface area contributed by atoms with Crippen molar-refractivity contribution >= 4 is 50.5 Å². The first-order chi connectivity index (χ1) is 12.7. The first-order valence-electron chi connectivity index (χ1n) is 8.52. The van der Waals surface area contributed by atoms with Crippen LogP contribution in [-0.4, -0.2) is 27.1 Å². The monoisotopic (exact) mass is 428 g/mol. The minimum atomic E-state index is -3.51. The van der Waals surface area contributed by atoms with Gasteiger partial charge in [0.05, 0.1) is 22.0 Å². The minimum absolute atomic E-state index is 0.165. The number of hydrogen-bond acceptors (Lipinski definition) is 3. The highest BCUT2D eigenvalue weighted by Crippen LogP contribution is 2.28. The zero-order valence-corrected chi connectivity index (χ0v) is 17.5. The zero-order valence-electron chi connectivity index (χ0n) is 15.2. The van der Waals surface area contributed by atoms with Gasteiger partial charge in [-0.2, -0.15) is 0 Å². The Balaban J connectivity index is 1.96. The summed E-state index contributed by atoms with van der Waals surface area (Å²) < 4.78 is 25.4. The van der Waals surface area contributed by atoms with E-state index in [2.05, 4.69) is 12.2 Å². The topological polar surface area (TPSA) is 66.5 Å². The van der Waals surface area contributed by atoms with Gasteiger partial charge < -0.3 is 5.32 Å². The molecule has 0 fully saturated rings. The quantitative estimate of drug-likeness (QED) is 0.659. The van der Waals surface area contributed by atoms with Crippen LogP contribution in [0, 0.1) is 0 Å². The SMILES string of the molecule is CCc1ccc(NC(=O)CCCN(c2ccc(Cl)c(Cl)c2)S(C)(=O)=O)cc1. The van der Waals surface area contributed by atoms with Crippen molar-refractivity contribution in [2.75, 3.05) is 22.4 Å². The fourth-order valence-corrected chi connectivity index (χ4v) is 3.81. The van der Waals surface area contributed by atoms with E-state index in [1.165, 1.54) is 15.9 Å². The average Bonchev–Trinajstić information content (AvgIpc) is 2.61. The number of aryl methyl sites for hydroxylation is 1. The molecule has 1 amide bonds. The van der Waals surface area contributed by atoms with Gasteiger partial charge in [0, 0.05) is 18.7 Å². The van der Waals surface area contributed by atoms with E-state index in [0.717, 1.165) is 18.4 Å². The molecule has 0 atom stereocenters. The Hall–Kier alpha value is -1.76. The molecule has 27 heavy (non-hydrogen) atoms. The van der Waals surface area contributed by atoms with Crippen molar-refractivity contribution in [2.24, 2.45) is 0 Å². The number of anilines is 2. The number of amides is 1. The highest BCUT2D eigenvalue weighted by molar-refractivity contribution is 7.92. The summed E-state index contributed by atoms with van der Waals surface area (Å²) in [4.78, 5) is 12.1. The second kappa shape index (κ2) is 9.44. The van der Waals surface area contributed by atoms with Gasteiger partial charge in [0.15, 0.2) is 0 Å². The third-order valence-corrected chi connectivity index (χ3v) is 5.94. The summed E-state index contributed by atoms with van der Waals surface area (Å²) in [6.07, 6.45) is 2.62. The molecule has 0 saturated carbocycles. The molecule has 1 N–H and O–H groups in total. The molecule has 5 nitrogen and oxygen atoms in total. The van der Waals surface area contributed by atoms with Crippen LogP contribution >= 0.6 is 23.2 Å². The Labute approximate surface area is 170 Å². The fraction of sp³-hybridized carbons (Fsp3) is 0.316. The van der Waals surface area contributed by atoms with Crippen molar-refractivity contribution < 1.29 is 13.2 Å². The van der Waals surface area contributed by atoms with Crippen molar-refractivity contribution in [2.45, 2.75) is 26.2 Å². The van der Waals surface area contributed by atoms with Crippen LogP contribution in [0.3, 0.4) is 0 Å². The molecule has 0 aliphatic heterocycles. The van der Waals surface area contributed by atoms with Gasteiger partial charge in [-0.25, -0.2) is 8.42 Å². The van der Waals surface area contributed by atoms with Crippen LogP contribution in [0.4, 0.5) is 11.4 Å². The predicted octanol–water partition coefficient (Wildman–Crippen LogP) is 4.74. The summed E-state index contributed by atoms with van der Waals surface area (Å²) in [6, 6.07) is 12.3. The maximum atomic E-state index is 12.1. The molecule has 0 heterocycles. The maximum Gasteiger partial charge on any atom is 0.232 e. The summed E-state index contributed by atoms with van der Waals surface area (Å²) >= 11 is 11.9. The van der Waals surface area contributed by atoms with Crippen molar-refractivity contribution in [3.63, 3.8) is 0 Å². The van der Waals surface area contributed by atoms with Crippen LogP contribution in [0.1, 0.15) is 25.3 Å². The lowest BCUT2D eigenvalue weighted by Crippen LogP contribution is -2.31. The Bertz CT molecular complexity index is 900. The number of carbonyl (C=O) groups is 1. The number of halogens is 2. The molecule has 0 bridgehead atoms. The summed E-state index contributed by atoms with van der Waals surface area (Å²) in [5, 5.41) is 3.44. The van der Waals surface area contributed by atoms with Crippen LogP contribution in [0.25, 0.3) is 0 Å². The Kier molecular flexibility index (Phi) is 7.53. The lowest BCUT2D eigenvalue weighted by molar-refractivity contribution is -0.116. The number of benzene rings is 2. The minimum Gasteiger partial charge on any atom is -0.326 e. The molecule has 0 radical (unpaired) electrons. The predicted molar refractivity (Wildman–Crippen MR) is 112 cm³/mol. The van der Waals surface area contributed by atoms with Gasteiger partial charge in [-0.3, -0.25) is 9.10 Å². The highest BCUT2D eigenvalue weighted by Gasteiger charge is 2.18. The smallest absolute Gasteiger partial charge is 0.232 e. The highest BCUT2D eigenvalue weighted by atomic mass is 35.5. The van der Waals surface area contributed by atoms with E-state index in [4.69, 9.17) is 23.2 Å². The number of hydrogen-bond donors (Lipinski definition) is 1. The summed E-state index contributed by atoms with van der Waals surface area (Å²) in [6.45, 7) is 2.23. The first-order valence-corrected chi connectivity index (χ1v) is 11.1. The maximum absolute atomic E-state index is 12.1. The van der Waals surface area contributed by atoms with Crippen LogP contribution < -0.4 is 9.62 Å². The first kappa shape index (κ1) is 21.5. The third-order valence-electron chi connectivity index (χ3n) is 4.00. The van der Waals surface area contributed by atoms with Gasteiger partial charge in [0.1, 0.15) is 0 Å². The molecule has 2 aromatic rings. The number of nitrogens with one attached hydrogen (secondary N) is 1. The van der Waals surface area contributed by atoms with E-state index in [9.17, 15) is 13.2 Å². The van der Waals surface area contributed by atoms with Gasteiger partial charge in [-0.15, -0.1) is 0 Å². The van der Waals surface area contributed by atoms with E-state index in [0.29, 0.717) is 17.1 Å². The molecule has 8 heteroatoms. The molecular formula is C19H22Cl2N2O3S. The second-order valence-corrected chi connectivity index (χ2v) is 8.86. The van der Waals surface area contributed by atoms with E-state index in [1.807, 2.05) is 24.3 Å². The molecule has 0 aliphatic carbocycles. The van der Waals surface area contributed by atoms with Crippen LogP contribution in [-0.2, 0) is 21.2 Å². The number of carbonyl (C=O) groups excluding carboxylic acids is 1. The van der Waals surface area contributed by atoms with Crippen molar-refractivity contribution in [3.8, 4) is 0 Å². The number of rotatable bonds is 8. The summed E-state index contributed by atoms with van der Waals surface area (Å²) in [7, 11) is -3.51. The molecule has 0 spiro atoms. The Morgan fingerprint density at radius 2 is 1.74 bits per heavy atom. The summed E-state index contributed by atoms with van der Waals surface area (Å²) in [5.41, 5.74) is 2.34. The molecule has 0 unspecified atom stereocenters. The van der Waals surface area contributed by atoms with Crippen molar-refractivity contribution in [1.29, 1.82) is 0 Å². The van der Waals surface area contributed by atoms with Gasteiger partial charge in [-0.05, 0) is 48.7 Å². The Morgan fingerprint density at radius 3 is 2.30 bits per heavy atom. The van der Waals surface area contributed by atoms with E-state index in [-0.39, 0.29) is 23.9 Å². The normalized spacial score (nSPS) is 11.3. The number of sulfonamides is 1. The average molecular weight is 429 g/mol. The van der Waals surface area contributed by atoms with Gasteiger partial charge in [0.2, 0.25) is 15.9 Å². The van der Waals surface area contributed by atoms with Crippen molar-refractivity contribution in [3.05, 3.63) is 58.1 Å². The third kappa shape index (κ3) is 6.41. The summed E-state index contributed by atoms with van der Waals surface area (Å²) in [5.74, 6) is -0.165.